The quantitative estimate of drug-likeness (QED) is 0.620. The Morgan fingerprint density at radius 2 is 2.29 bits per heavy atom. The van der Waals surface area contributed by atoms with E-state index in [0.29, 0.717) is 13.0 Å². The number of hydrogen-bond donors (Lipinski definition) is 2. The van der Waals surface area contributed by atoms with Gasteiger partial charge in [-0.15, -0.1) is 6.42 Å². The zero-order chi connectivity index (χ0) is 11.0. The van der Waals surface area contributed by atoms with Crippen LogP contribution in [-0.4, -0.2) is 18.5 Å². The van der Waals surface area contributed by atoms with Crippen LogP contribution < -0.4 is 11.1 Å². The molecular formula is C11H20N2O. The Hall–Kier alpha value is -1.01. The third-order valence-corrected chi connectivity index (χ3v) is 2.05. The molecule has 0 saturated carbocycles. The summed E-state index contributed by atoms with van der Waals surface area (Å²) in [5.41, 5.74) is 5.42. The summed E-state index contributed by atoms with van der Waals surface area (Å²) < 4.78 is 0. The predicted octanol–water partition coefficient (Wildman–Crippen LogP) is 0.889. The minimum atomic E-state index is -0.127. The van der Waals surface area contributed by atoms with Gasteiger partial charge in [0.25, 0.3) is 0 Å². The molecule has 0 aliphatic carbocycles. The van der Waals surface area contributed by atoms with Gasteiger partial charge in [0.05, 0.1) is 6.04 Å². The average molecular weight is 196 g/mol. The van der Waals surface area contributed by atoms with E-state index in [1.165, 1.54) is 0 Å². The number of terminal acetylenes is 1. The topological polar surface area (TPSA) is 55.1 Å². The number of carbonyl (C=O) groups is 1. The van der Waals surface area contributed by atoms with Gasteiger partial charge in [0.15, 0.2) is 0 Å². The first-order chi connectivity index (χ1) is 6.63. The van der Waals surface area contributed by atoms with E-state index in [1.807, 2.05) is 13.8 Å². The first-order valence-electron chi connectivity index (χ1n) is 5.09. The second kappa shape index (κ2) is 7.40. The fourth-order valence-corrected chi connectivity index (χ4v) is 1.14. The highest BCUT2D eigenvalue weighted by atomic mass is 16.1. The molecule has 0 fully saturated rings. The SMILES string of the molecule is C#CC(CCC)NC(=O)CC(C)CN. The number of nitrogens with two attached hydrogens (primary N) is 1. The van der Waals surface area contributed by atoms with Gasteiger partial charge < -0.3 is 11.1 Å². The normalized spacial score (nSPS) is 14.1. The van der Waals surface area contributed by atoms with E-state index < -0.39 is 0 Å². The summed E-state index contributed by atoms with van der Waals surface area (Å²) in [4.78, 5) is 11.4. The van der Waals surface area contributed by atoms with E-state index in [1.54, 1.807) is 0 Å². The molecule has 0 rings (SSSR count). The maximum Gasteiger partial charge on any atom is 0.221 e. The van der Waals surface area contributed by atoms with Crippen LogP contribution in [0.15, 0.2) is 0 Å². The van der Waals surface area contributed by atoms with Crippen molar-refractivity contribution in [3.63, 3.8) is 0 Å². The van der Waals surface area contributed by atoms with E-state index in [4.69, 9.17) is 12.2 Å². The molecule has 3 N–H and O–H groups in total. The van der Waals surface area contributed by atoms with Crippen molar-refractivity contribution in [3.8, 4) is 12.3 Å². The lowest BCUT2D eigenvalue weighted by Gasteiger charge is -2.13. The fraction of sp³-hybridized carbons (Fsp3) is 0.727. The summed E-state index contributed by atoms with van der Waals surface area (Å²) in [6, 6.07) is -0.127. The van der Waals surface area contributed by atoms with Crippen LogP contribution in [0.3, 0.4) is 0 Å². The lowest BCUT2D eigenvalue weighted by Crippen LogP contribution is -2.35. The Labute approximate surface area is 86.4 Å². The minimum Gasteiger partial charge on any atom is -0.342 e. The Morgan fingerprint density at radius 3 is 2.71 bits per heavy atom. The fourth-order valence-electron chi connectivity index (χ4n) is 1.14. The Balaban J connectivity index is 3.86. The number of carbonyl (C=O) groups excluding carboxylic acids is 1. The molecule has 0 aromatic heterocycles. The first kappa shape index (κ1) is 13.0. The number of nitrogens with one attached hydrogen (secondary N) is 1. The number of hydrogen-bond acceptors (Lipinski definition) is 2. The van der Waals surface area contributed by atoms with E-state index in [-0.39, 0.29) is 17.9 Å². The molecule has 2 unspecified atom stereocenters. The van der Waals surface area contributed by atoms with Gasteiger partial charge in [-0.05, 0) is 18.9 Å². The molecule has 0 aliphatic heterocycles. The Kier molecular flexibility index (Phi) is 6.87. The van der Waals surface area contributed by atoms with Crippen LogP contribution in [0.1, 0.15) is 33.1 Å². The van der Waals surface area contributed by atoms with E-state index >= 15 is 0 Å². The molecule has 0 spiro atoms. The molecular weight excluding hydrogens is 176 g/mol. The van der Waals surface area contributed by atoms with Gasteiger partial charge in [-0.25, -0.2) is 0 Å². The van der Waals surface area contributed by atoms with E-state index in [9.17, 15) is 4.79 Å². The van der Waals surface area contributed by atoms with E-state index in [0.717, 1.165) is 12.8 Å². The average Bonchev–Trinajstić information content (AvgIpc) is 2.16. The summed E-state index contributed by atoms with van der Waals surface area (Å²) >= 11 is 0. The second-order valence-corrected chi connectivity index (χ2v) is 3.62. The van der Waals surface area contributed by atoms with Gasteiger partial charge in [-0.3, -0.25) is 4.79 Å². The summed E-state index contributed by atoms with van der Waals surface area (Å²) in [5, 5.41) is 2.80. The zero-order valence-corrected chi connectivity index (χ0v) is 9.05. The van der Waals surface area contributed by atoms with Crippen molar-refractivity contribution in [2.75, 3.05) is 6.54 Å². The Bertz CT molecular complexity index is 208. The van der Waals surface area contributed by atoms with Crippen LogP contribution in [0.25, 0.3) is 0 Å². The summed E-state index contributed by atoms with van der Waals surface area (Å²) in [6.07, 6.45) is 7.54. The molecule has 0 saturated heterocycles. The Morgan fingerprint density at radius 1 is 1.64 bits per heavy atom. The molecule has 80 valence electrons. The van der Waals surface area contributed by atoms with Gasteiger partial charge in [-0.1, -0.05) is 26.2 Å². The molecule has 0 aliphatic rings. The van der Waals surface area contributed by atoms with Crippen LogP contribution in [0.2, 0.25) is 0 Å². The van der Waals surface area contributed by atoms with Crippen molar-refractivity contribution in [2.45, 2.75) is 39.2 Å². The van der Waals surface area contributed by atoms with Gasteiger partial charge in [0, 0.05) is 6.42 Å². The smallest absolute Gasteiger partial charge is 0.221 e. The summed E-state index contributed by atoms with van der Waals surface area (Å²) in [7, 11) is 0. The van der Waals surface area contributed by atoms with Crippen molar-refractivity contribution < 1.29 is 4.79 Å². The molecule has 2 atom stereocenters. The monoisotopic (exact) mass is 196 g/mol. The van der Waals surface area contributed by atoms with E-state index in [2.05, 4.69) is 11.2 Å². The van der Waals surface area contributed by atoms with Crippen molar-refractivity contribution in [2.24, 2.45) is 11.7 Å². The van der Waals surface area contributed by atoms with Gasteiger partial charge in [0.2, 0.25) is 5.91 Å². The molecule has 0 radical (unpaired) electrons. The number of rotatable bonds is 6. The third kappa shape index (κ3) is 5.60. The standard InChI is InChI=1S/C11H20N2O/c1-4-6-10(5-2)13-11(14)7-9(3)8-12/h2,9-10H,4,6-8,12H2,1,3H3,(H,13,14). The lowest BCUT2D eigenvalue weighted by atomic mass is 10.1. The highest BCUT2D eigenvalue weighted by Crippen LogP contribution is 2.00. The zero-order valence-electron chi connectivity index (χ0n) is 9.05. The molecule has 0 aromatic carbocycles. The molecule has 0 heterocycles. The van der Waals surface area contributed by atoms with Crippen LogP contribution in [-0.2, 0) is 4.79 Å². The van der Waals surface area contributed by atoms with Crippen molar-refractivity contribution in [1.29, 1.82) is 0 Å². The van der Waals surface area contributed by atoms with Gasteiger partial charge in [0.1, 0.15) is 0 Å². The largest absolute Gasteiger partial charge is 0.342 e. The van der Waals surface area contributed by atoms with Crippen molar-refractivity contribution >= 4 is 5.91 Å². The lowest BCUT2D eigenvalue weighted by molar-refractivity contribution is -0.122. The molecule has 3 nitrogen and oxygen atoms in total. The summed E-state index contributed by atoms with van der Waals surface area (Å²) in [5.74, 6) is 2.78. The van der Waals surface area contributed by atoms with Crippen LogP contribution in [0, 0.1) is 18.3 Å². The predicted molar refractivity (Wildman–Crippen MR) is 58.5 cm³/mol. The van der Waals surface area contributed by atoms with Crippen LogP contribution in [0.4, 0.5) is 0 Å². The molecule has 0 aromatic rings. The molecule has 1 amide bonds. The molecule has 14 heavy (non-hydrogen) atoms. The minimum absolute atomic E-state index is 0.000602. The maximum atomic E-state index is 11.4. The highest BCUT2D eigenvalue weighted by molar-refractivity contribution is 5.76. The van der Waals surface area contributed by atoms with Gasteiger partial charge in [-0.2, -0.15) is 0 Å². The van der Waals surface area contributed by atoms with Crippen LogP contribution >= 0.6 is 0 Å². The van der Waals surface area contributed by atoms with Crippen LogP contribution in [0.5, 0.6) is 0 Å². The second-order valence-electron chi connectivity index (χ2n) is 3.62. The first-order valence-corrected chi connectivity index (χ1v) is 5.09. The van der Waals surface area contributed by atoms with Crippen molar-refractivity contribution in [1.82, 2.24) is 5.32 Å². The van der Waals surface area contributed by atoms with Crippen molar-refractivity contribution in [3.05, 3.63) is 0 Å². The van der Waals surface area contributed by atoms with Gasteiger partial charge >= 0.3 is 0 Å². The third-order valence-electron chi connectivity index (χ3n) is 2.05. The molecule has 3 heteroatoms. The summed E-state index contributed by atoms with van der Waals surface area (Å²) in [6.45, 7) is 4.52. The highest BCUT2D eigenvalue weighted by Gasteiger charge is 2.11. The number of amides is 1. The maximum absolute atomic E-state index is 11.4. The molecule has 0 bridgehead atoms.